The summed E-state index contributed by atoms with van der Waals surface area (Å²) in [6.45, 7) is 5.89. The SMILES string of the molecule is COc1ccc(Cl)cc1CC(=O)N(C)CC(=O)Nc1c(C)cc(C)cc1C. The van der Waals surface area contributed by atoms with Crippen molar-refractivity contribution in [3.8, 4) is 5.75 Å². The summed E-state index contributed by atoms with van der Waals surface area (Å²) in [5, 5.41) is 3.44. The predicted molar refractivity (Wildman–Crippen MR) is 109 cm³/mol. The van der Waals surface area contributed by atoms with Gasteiger partial charge in [-0.2, -0.15) is 0 Å². The number of carbonyl (C=O) groups excluding carboxylic acids is 2. The molecule has 0 aromatic heterocycles. The van der Waals surface area contributed by atoms with Crippen molar-refractivity contribution >= 4 is 29.1 Å². The maximum absolute atomic E-state index is 12.5. The van der Waals surface area contributed by atoms with E-state index in [4.69, 9.17) is 16.3 Å². The number of aryl methyl sites for hydroxylation is 3. The Morgan fingerprint density at radius 2 is 1.74 bits per heavy atom. The van der Waals surface area contributed by atoms with E-state index in [-0.39, 0.29) is 24.8 Å². The predicted octanol–water partition coefficient (Wildman–Crippen LogP) is 3.91. The Morgan fingerprint density at radius 3 is 2.33 bits per heavy atom. The van der Waals surface area contributed by atoms with Gasteiger partial charge in [-0.05, 0) is 50.1 Å². The third-order valence-corrected chi connectivity index (χ3v) is 4.57. The number of amides is 2. The first-order valence-electron chi connectivity index (χ1n) is 8.65. The van der Waals surface area contributed by atoms with Crippen LogP contribution in [0.3, 0.4) is 0 Å². The Bertz CT molecular complexity index is 841. The lowest BCUT2D eigenvalue weighted by atomic mass is 10.1. The van der Waals surface area contributed by atoms with E-state index >= 15 is 0 Å². The lowest BCUT2D eigenvalue weighted by Gasteiger charge is -2.19. The van der Waals surface area contributed by atoms with Gasteiger partial charge in [0.15, 0.2) is 0 Å². The summed E-state index contributed by atoms with van der Waals surface area (Å²) in [5.41, 5.74) is 4.62. The van der Waals surface area contributed by atoms with E-state index in [1.54, 1.807) is 32.4 Å². The zero-order valence-corrected chi connectivity index (χ0v) is 17.1. The van der Waals surface area contributed by atoms with Crippen LogP contribution in [0.5, 0.6) is 5.75 Å². The minimum Gasteiger partial charge on any atom is -0.496 e. The molecule has 0 fully saturated rings. The number of nitrogens with one attached hydrogen (secondary N) is 1. The van der Waals surface area contributed by atoms with Crippen LogP contribution >= 0.6 is 11.6 Å². The highest BCUT2D eigenvalue weighted by atomic mass is 35.5. The molecule has 0 unspecified atom stereocenters. The average molecular weight is 389 g/mol. The van der Waals surface area contributed by atoms with Gasteiger partial charge >= 0.3 is 0 Å². The van der Waals surface area contributed by atoms with Crippen LogP contribution in [0, 0.1) is 20.8 Å². The van der Waals surface area contributed by atoms with Crippen LogP contribution in [0.1, 0.15) is 22.3 Å². The van der Waals surface area contributed by atoms with Crippen LogP contribution in [-0.2, 0) is 16.0 Å². The number of hydrogen-bond donors (Lipinski definition) is 1. The lowest BCUT2D eigenvalue weighted by molar-refractivity contribution is -0.132. The standard InChI is InChI=1S/C21H25ClN2O3/c1-13-8-14(2)21(15(3)9-13)23-19(25)12-24(4)20(26)11-16-10-17(22)6-7-18(16)27-5/h6-10H,11-12H2,1-5H3,(H,23,25). The normalized spacial score (nSPS) is 10.4. The number of benzene rings is 2. The largest absolute Gasteiger partial charge is 0.496 e. The van der Waals surface area contributed by atoms with Gasteiger partial charge in [0.05, 0.1) is 20.1 Å². The summed E-state index contributed by atoms with van der Waals surface area (Å²) in [4.78, 5) is 26.3. The smallest absolute Gasteiger partial charge is 0.243 e. The van der Waals surface area contributed by atoms with E-state index < -0.39 is 0 Å². The Balaban J connectivity index is 2.02. The highest BCUT2D eigenvalue weighted by Crippen LogP contribution is 2.24. The van der Waals surface area contributed by atoms with E-state index in [1.807, 2.05) is 32.9 Å². The Morgan fingerprint density at radius 1 is 1.11 bits per heavy atom. The van der Waals surface area contributed by atoms with E-state index in [2.05, 4.69) is 5.32 Å². The summed E-state index contributed by atoms with van der Waals surface area (Å²) in [7, 11) is 3.15. The molecule has 0 aliphatic heterocycles. The maximum atomic E-state index is 12.5. The van der Waals surface area contributed by atoms with Gasteiger partial charge < -0.3 is 15.0 Å². The minimum atomic E-state index is -0.237. The van der Waals surface area contributed by atoms with Gasteiger partial charge in [-0.15, -0.1) is 0 Å². The fourth-order valence-corrected chi connectivity index (χ4v) is 3.24. The van der Waals surface area contributed by atoms with E-state index in [0.717, 1.165) is 22.4 Å². The topological polar surface area (TPSA) is 58.6 Å². The quantitative estimate of drug-likeness (QED) is 0.816. The van der Waals surface area contributed by atoms with E-state index in [1.165, 1.54) is 4.90 Å². The number of carbonyl (C=O) groups is 2. The summed E-state index contributed by atoms with van der Waals surface area (Å²) < 4.78 is 5.27. The zero-order chi connectivity index (χ0) is 20.1. The molecule has 2 amide bonds. The number of halogens is 1. The molecule has 144 valence electrons. The van der Waals surface area contributed by atoms with Crippen LogP contribution in [0.2, 0.25) is 5.02 Å². The van der Waals surface area contributed by atoms with Gasteiger partial charge in [0.1, 0.15) is 5.75 Å². The molecule has 2 aromatic rings. The molecular weight excluding hydrogens is 364 g/mol. The second kappa shape index (κ2) is 8.91. The Hall–Kier alpha value is -2.53. The molecule has 0 heterocycles. The third kappa shape index (κ3) is 5.47. The first-order chi connectivity index (χ1) is 12.7. The van der Waals surface area contributed by atoms with Crippen LogP contribution < -0.4 is 10.1 Å². The number of likely N-dealkylation sites (N-methyl/N-ethyl adjacent to an activating group) is 1. The molecule has 0 saturated heterocycles. The highest BCUT2D eigenvalue weighted by Gasteiger charge is 2.17. The minimum absolute atomic E-state index is 0.0333. The van der Waals surface area contributed by atoms with E-state index in [9.17, 15) is 9.59 Å². The maximum Gasteiger partial charge on any atom is 0.243 e. The van der Waals surface area contributed by atoms with Gasteiger partial charge in [-0.1, -0.05) is 29.3 Å². The summed E-state index contributed by atoms with van der Waals surface area (Å²) in [6, 6.07) is 9.16. The molecule has 0 aliphatic carbocycles. The number of ether oxygens (including phenoxy) is 1. The molecular formula is C21H25ClN2O3. The van der Waals surface area contributed by atoms with Crippen molar-refractivity contribution in [1.29, 1.82) is 0 Å². The average Bonchev–Trinajstić information content (AvgIpc) is 2.58. The lowest BCUT2D eigenvalue weighted by Crippen LogP contribution is -2.36. The number of anilines is 1. The zero-order valence-electron chi connectivity index (χ0n) is 16.4. The second-order valence-corrected chi connectivity index (χ2v) is 7.14. The van der Waals surface area contributed by atoms with Crippen LogP contribution in [-0.4, -0.2) is 37.4 Å². The number of methoxy groups -OCH3 is 1. The van der Waals surface area contributed by atoms with Crippen molar-refractivity contribution in [2.45, 2.75) is 27.2 Å². The van der Waals surface area contributed by atoms with Crippen molar-refractivity contribution in [1.82, 2.24) is 4.90 Å². The molecule has 0 radical (unpaired) electrons. The fraction of sp³-hybridized carbons (Fsp3) is 0.333. The van der Waals surface area contributed by atoms with Crippen molar-refractivity contribution in [3.63, 3.8) is 0 Å². The molecule has 0 bridgehead atoms. The van der Waals surface area contributed by atoms with Crippen molar-refractivity contribution < 1.29 is 14.3 Å². The summed E-state index contributed by atoms with van der Waals surface area (Å²) in [5.74, 6) is 0.165. The van der Waals surface area contributed by atoms with Crippen molar-refractivity contribution in [2.75, 3.05) is 26.0 Å². The molecule has 5 nitrogen and oxygen atoms in total. The molecule has 2 aromatic carbocycles. The number of rotatable bonds is 6. The Kier molecular flexibility index (Phi) is 6.86. The molecule has 1 N–H and O–H groups in total. The molecule has 0 aliphatic rings. The van der Waals surface area contributed by atoms with Gasteiger partial charge in [-0.3, -0.25) is 9.59 Å². The Labute approximate surface area is 165 Å². The van der Waals surface area contributed by atoms with Crippen LogP contribution in [0.15, 0.2) is 30.3 Å². The number of nitrogens with zero attached hydrogens (tertiary/aromatic N) is 1. The molecule has 27 heavy (non-hydrogen) atoms. The first-order valence-corrected chi connectivity index (χ1v) is 9.03. The van der Waals surface area contributed by atoms with E-state index in [0.29, 0.717) is 16.3 Å². The highest BCUT2D eigenvalue weighted by molar-refractivity contribution is 6.30. The van der Waals surface area contributed by atoms with Gasteiger partial charge in [0.2, 0.25) is 11.8 Å². The van der Waals surface area contributed by atoms with Crippen molar-refractivity contribution in [3.05, 3.63) is 57.6 Å². The van der Waals surface area contributed by atoms with Gasteiger partial charge in [0.25, 0.3) is 0 Å². The monoisotopic (exact) mass is 388 g/mol. The second-order valence-electron chi connectivity index (χ2n) is 6.70. The van der Waals surface area contributed by atoms with Crippen molar-refractivity contribution in [2.24, 2.45) is 0 Å². The summed E-state index contributed by atoms with van der Waals surface area (Å²) in [6.07, 6.45) is 0.107. The summed E-state index contributed by atoms with van der Waals surface area (Å²) >= 11 is 6.01. The molecule has 6 heteroatoms. The van der Waals surface area contributed by atoms with Gasteiger partial charge in [-0.25, -0.2) is 0 Å². The molecule has 0 saturated carbocycles. The number of hydrogen-bond acceptors (Lipinski definition) is 3. The fourth-order valence-electron chi connectivity index (χ4n) is 3.04. The van der Waals surface area contributed by atoms with Crippen LogP contribution in [0.4, 0.5) is 5.69 Å². The van der Waals surface area contributed by atoms with Crippen LogP contribution in [0.25, 0.3) is 0 Å². The first kappa shape index (κ1) is 20.8. The third-order valence-electron chi connectivity index (χ3n) is 4.33. The molecule has 2 rings (SSSR count). The van der Waals surface area contributed by atoms with Gasteiger partial charge in [0, 0.05) is 23.3 Å². The molecule has 0 spiro atoms. The molecule has 0 atom stereocenters.